The van der Waals surface area contributed by atoms with Gasteiger partial charge in [-0.2, -0.15) is 0 Å². The zero-order valence-corrected chi connectivity index (χ0v) is 20.0. The van der Waals surface area contributed by atoms with Crippen LogP contribution in [0.4, 0.5) is 0 Å². The van der Waals surface area contributed by atoms with Gasteiger partial charge < -0.3 is 0 Å². The van der Waals surface area contributed by atoms with Crippen molar-refractivity contribution in [1.29, 1.82) is 0 Å². The molecule has 0 N–H and O–H groups in total. The third kappa shape index (κ3) is 4.03. The van der Waals surface area contributed by atoms with Crippen molar-refractivity contribution >= 4 is 14.6 Å². The Morgan fingerprint density at radius 2 is 1.17 bits per heavy atom. The normalized spacial score (nSPS) is 46.6. The van der Waals surface area contributed by atoms with Gasteiger partial charge in [-0.1, -0.05) is 90.1 Å². The molecule has 4 saturated carbocycles. The molecule has 0 aromatic rings. The highest BCUT2D eigenvalue weighted by molar-refractivity contribution is 7.59. The first kappa shape index (κ1) is 20.1. The van der Waals surface area contributed by atoms with E-state index in [1.165, 1.54) is 35.0 Å². The summed E-state index contributed by atoms with van der Waals surface area (Å²) in [7, 11) is 0.367. The van der Waals surface area contributed by atoms with E-state index in [2.05, 4.69) is 0 Å². The summed E-state index contributed by atoms with van der Waals surface area (Å²) in [6.07, 6.45) is 30.6. The lowest BCUT2D eigenvalue weighted by Crippen LogP contribution is -2.34. The highest BCUT2D eigenvalue weighted by Gasteiger charge is 2.49. The number of fused-ring (bicyclic) bond motifs is 6. The van der Waals surface area contributed by atoms with Gasteiger partial charge in [0.1, 0.15) is 6.71 Å². The van der Waals surface area contributed by atoms with Gasteiger partial charge in [-0.15, -0.1) is 0 Å². The van der Waals surface area contributed by atoms with Crippen molar-refractivity contribution in [3.8, 4) is 0 Å². The van der Waals surface area contributed by atoms with Gasteiger partial charge in [-0.3, -0.25) is 0 Å². The summed E-state index contributed by atoms with van der Waals surface area (Å²) in [5.74, 6) is 6.99. The Morgan fingerprint density at radius 1 is 0.586 bits per heavy atom. The molecule has 0 aromatic heterocycles. The molecule has 162 valence electrons. The molecule has 6 atom stereocenters. The lowest BCUT2D eigenvalue weighted by Gasteiger charge is -2.41. The van der Waals surface area contributed by atoms with E-state index in [0.717, 1.165) is 18.3 Å². The zero-order chi connectivity index (χ0) is 19.2. The molecule has 2 saturated heterocycles. The minimum Gasteiger partial charge on any atom is -0.0998 e. The predicted octanol–water partition coefficient (Wildman–Crippen LogP) is 8.62. The lowest BCUT2D eigenvalue weighted by atomic mass is 9.26. The highest BCUT2D eigenvalue weighted by Crippen LogP contribution is 2.67. The summed E-state index contributed by atoms with van der Waals surface area (Å²) < 4.78 is 0. The van der Waals surface area contributed by atoms with E-state index >= 15 is 0 Å². The molecular formula is C27H46BP. The minimum atomic E-state index is 0.367. The van der Waals surface area contributed by atoms with Gasteiger partial charge in [0.05, 0.1) is 0 Å². The molecule has 0 aromatic carbocycles. The van der Waals surface area contributed by atoms with Gasteiger partial charge in [0.2, 0.25) is 0 Å². The Balaban J connectivity index is 1.01. The molecule has 29 heavy (non-hydrogen) atoms. The van der Waals surface area contributed by atoms with Crippen molar-refractivity contribution in [1.82, 2.24) is 0 Å². The maximum atomic E-state index is 1.69. The monoisotopic (exact) mass is 412 g/mol. The summed E-state index contributed by atoms with van der Waals surface area (Å²) in [5, 5.41) is 0. The highest BCUT2D eigenvalue weighted by atomic mass is 31.1. The molecule has 6 fully saturated rings. The first-order valence-electron chi connectivity index (χ1n) is 14.1. The maximum absolute atomic E-state index is 1.69. The Bertz CT molecular complexity index is 513. The van der Waals surface area contributed by atoms with Crippen LogP contribution in [0.3, 0.4) is 0 Å². The molecule has 2 heteroatoms. The number of hydrogen-bond acceptors (Lipinski definition) is 0. The Morgan fingerprint density at radius 3 is 1.66 bits per heavy atom. The van der Waals surface area contributed by atoms with Crippen LogP contribution in [0, 0.1) is 23.7 Å². The summed E-state index contributed by atoms with van der Waals surface area (Å²) >= 11 is 0. The van der Waals surface area contributed by atoms with Crippen molar-refractivity contribution < 1.29 is 0 Å². The number of rotatable bonds is 8. The number of hydrogen-bond donors (Lipinski definition) is 0. The van der Waals surface area contributed by atoms with Gasteiger partial charge in [0.15, 0.2) is 0 Å². The van der Waals surface area contributed by atoms with Crippen LogP contribution >= 0.6 is 7.92 Å². The van der Waals surface area contributed by atoms with Crippen molar-refractivity contribution in [2.75, 3.05) is 6.16 Å². The van der Waals surface area contributed by atoms with Gasteiger partial charge in [0.25, 0.3) is 0 Å². The molecule has 2 heterocycles. The van der Waals surface area contributed by atoms with Crippen LogP contribution in [0.2, 0.25) is 18.0 Å². The molecule has 0 radical (unpaired) electrons. The summed E-state index contributed by atoms with van der Waals surface area (Å²) in [5.41, 5.74) is 2.46. The molecule has 6 unspecified atom stereocenters. The van der Waals surface area contributed by atoms with Crippen LogP contribution < -0.4 is 0 Å². The SMILES string of the molecule is C(CCB1C2CCCC1CCC2)CCP(C1CC2CCC1C2)C1CC2CCC1C2. The first-order chi connectivity index (χ1) is 14.3. The first-order valence-corrected chi connectivity index (χ1v) is 15.8. The maximum Gasteiger partial charge on any atom is 0.146 e. The van der Waals surface area contributed by atoms with Crippen LogP contribution in [0.15, 0.2) is 0 Å². The summed E-state index contributed by atoms with van der Waals surface area (Å²) in [4.78, 5) is 0. The zero-order valence-electron chi connectivity index (χ0n) is 19.1. The van der Waals surface area contributed by atoms with Gasteiger partial charge in [-0.05, 0) is 86.1 Å². The molecule has 4 aliphatic carbocycles. The van der Waals surface area contributed by atoms with Crippen LogP contribution in [-0.2, 0) is 0 Å². The van der Waals surface area contributed by atoms with Gasteiger partial charge >= 0.3 is 0 Å². The molecule has 0 amide bonds. The van der Waals surface area contributed by atoms with E-state index in [-0.39, 0.29) is 0 Å². The molecule has 6 bridgehead atoms. The molecule has 0 nitrogen and oxygen atoms in total. The molecule has 2 aliphatic heterocycles. The third-order valence-corrected chi connectivity index (χ3v) is 15.0. The van der Waals surface area contributed by atoms with Gasteiger partial charge in [0, 0.05) is 0 Å². The number of unbranched alkanes of at least 4 members (excludes halogenated alkanes) is 2. The van der Waals surface area contributed by atoms with E-state index in [0.29, 0.717) is 7.92 Å². The van der Waals surface area contributed by atoms with E-state index in [4.69, 9.17) is 0 Å². The van der Waals surface area contributed by atoms with Crippen LogP contribution in [0.25, 0.3) is 0 Å². The molecule has 6 rings (SSSR count). The van der Waals surface area contributed by atoms with Crippen molar-refractivity contribution in [3.63, 3.8) is 0 Å². The van der Waals surface area contributed by atoms with Crippen molar-refractivity contribution in [2.24, 2.45) is 23.7 Å². The summed E-state index contributed by atoms with van der Waals surface area (Å²) in [6, 6.07) is 0. The largest absolute Gasteiger partial charge is 0.146 e. The van der Waals surface area contributed by atoms with Crippen LogP contribution in [0.5, 0.6) is 0 Å². The molecule has 0 spiro atoms. The predicted molar refractivity (Wildman–Crippen MR) is 130 cm³/mol. The Labute approximate surface area is 183 Å². The third-order valence-electron chi connectivity index (χ3n) is 11.2. The second kappa shape index (κ2) is 8.79. The smallest absolute Gasteiger partial charge is 0.0998 e. The average molecular weight is 412 g/mol. The van der Waals surface area contributed by atoms with Crippen LogP contribution in [0.1, 0.15) is 109 Å². The second-order valence-corrected chi connectivity index (χ2v) is 15.4. The van der Waals surface area contributed by atoms with E-state index in [9.17, 15) is 0 Å². The Kier molecular flexibility index (Phi) is 6.10. The average Bonchev–Trinajstić information content (AvgIpc) is 3.52. The van der Waals surface area contributed by atoms with Gasteiger partial charge in [-0.25, -0.2) is 0 Å². The minimum absolute atomic E-state index is 0.367. The summed E-state index contributed by atoms with van der Waals surface area (Å²) in [6.45, 7) is 1.15. The molecular weight excluding hydrogens is 366 g/mol. The van der Waals surface area contributed by atoms with E-state index in [1.54, 1.807) is 122 Å². The second-order valence-electron chi connectivity index (χ2n) is 12.6. The van der Waals surface area contributed by atoms with Crippen molar-refractivity contribution in [3.05, 3.63) is 0 Å². The fourth-order valence-electron chi connectivity index (χ4n) is 9.95. The van der Waals surface area contributed by atoms with E-state index in [1.807, 2.05) is 0 Å². The topological polar surface area (TPSA) is 0 Å². The standard InChI is InChI=1S/C27H46BP/c1(2-14-28-24-6-4-7-25(28)9-5-8-24)3-15-29(26-18-20-10-12-22(26)16-20)27-19-21-11-13-23(27)17-21/h20-27H,1-19H2. The molecule has 6 aliphatic rings. The quantitative estimate of drug-likeness (QED) is 0.213. The Hall–Kier alpha value is 0.495. The van der Waals surface area contributed by atoms with E-state index < -0.39 is 0 Å². The van der Waals surface area contributed by atoms with Crippen LogP contribution in [-0.4, -0.2) is 24.2 Å². The lowest BCUT2D eigenvalue weighted by molar-refractivity contribution is 0.440. The fraction of sp³-hybridized carbons (Fsp3) is 1.00. The fourth-order valence-corrected chi connectivity index (χ4v) is 14.5. The van der Waals surface area contributed by atoms with Crippen molar-refractivity contribution in [2.45, 2.75) is 138 Å².